The maximum Gasteiger partial charge on any atom is 0.226 e. The van der Waals surface area contributed by atoms with Gasteiger partial charge in [0.15, 0.2) is 0 Å². The Labute approximate surface area is 144 Å². The van der Waals surface area contributed by atoms with E-state index in [4.69, 9.17) is 4.74 Å². The number of ether oxygens (including phenoxy) is 1. The van der Waals surface area contributed by atoms with E-state index < -0.39 is 0 Å². The summed E-state index contributed by atoms with van der Waals surface area (Å²) in [7, 11) is 1.62. The van der Waals surface area contributed by atoms with Crippen LogP contribution in [0.15, 0.2) is 42.5 Å². The van der Waals surface area contributed by atoms with Crippen LogP contribution in [0.25, 0.3) is 0 Å². The van der Waals surface area contributed by atoms with Crippen LogP contribution in [0.1, 0.15) is 37.3 Å². The average molecular weight is 326 g/mol. The van der Waals surface area contributed by atoms with Gasteiger partial charge in [0.1, 0.15) is 5.75 Å². The third-order valence-electron chi connectivity index (χ3n) is 3.95. The number of amides is 1. The van der Waals surface area contributed by atoms with Crippen LogP contribution in [0.3, 0.4) is 0 Å². The van der Waals surface area contributed by atoms with Gasteiger partial charge in [-0.3, -0.25) is 4.79 Å². The number of anilines is 2. The highest BCUT2D eigenvalue weighted by atomic mass is 16.5. The van der Waals surface area contributed by atoms with Crippen molar-refractivity contribution >= 4 is 17.3 Å². The third-order valence-corrected chi connectivity index (χ3v) is 3.95. The van der Waals surface area contributed by atoms with Gasteiger partial charge in [-0.1, -0.05) is 32.0 Å². The van der Waals surface area contributed by atoms with Crippen molar-refractivity contribution in [3.05, 3.63) is 53.6 Å². The summed E-state index contributed by atoms with van der Waals surface area (Å²) < 4.78 is 5.11. The number of aryl methyl sites for hydroxylation is 1. The van der Waals surface area contributed by atoms with Gasteiger partial charge in [-0.05, 0) is 48.2 Å². The third kappa shape index (κ3) is 4.75. The molecule has 2 aromatic carbocycles. The summed E-state index contributed by atoms with van der Waals surface area (Å²) in [6.45, 7) is 7.05. The number of carbonyl (C=O) groups is 1. The fraction of sp³-hybridized carbons (Fsp3) is 0.350. The number of benzene rings is 2. The largest absolute Gasteiger partial charge is 0.497 e. The lowest BCUT2D eigenvalue weighted by Crippen LogP contribution is -2.17. The second-order valence-electron chi connectivity index (χ2n) is 6.15. The summed E-state index contributed by atoms with van der Waals surface area (Å²) in [6, 6.07) is 13.6. The first kappa shape index (κ1) is 17.9. The summed E-state index contributed by atoms with van der Waals surface area (Å²) in [6.07, 6.45) is 0.415. The minimum absolute atomic E-state index is 0.00709. The van der Waals surface area contributed by atoms with Crippen LogP contribution in [0.5, 0.6) is 5.75 Å². The number of nitrogens with one attached hydrogen (secondary N) is 2. The number of hydrogen-bond acceptors (Lipinski definition) is 3. The second kappa shape index (κ2) is 8.39. The predicted molar refractivity (Wildman–Crippen MR) is 100.0 cm³/mol. The molecule has 0 heterocycles. The molecule has 0 aromatic heterocycles. The molecular weight excluding hydrogens is 300 g/mol. The first-order valence-electron chi connectivity index (χ1n) is 8.28. The standard InChI is InChI=1S/C20H26N2O2/c1-14(2)18-7-5-6-15(3)20(18)21-13-12-19(23)22-16-8-10-17(24-4)11-9-16/h5-11,14,21H,12-13H2,1-4H3,(H,22,23). The molecule has 0 aliphatic rings. The molecule has 0 spiro atoms. The van der Waals surface area contributed by atoms with E-state index in [1.54, 1.807) is 7.11 Å². The molecule has 0 radical (unpaired) electrons. The zero-order valence-corrected chi connectivity index (χ0v) is 14.8. The normalized spacial score (nSPS) is 10.5. The summed E-state index contributed by atoms with van der Waals surface area (Å²) in [5.41, 5.74) is 4.41. The Hall–Kier alpha value is -2.49. The maximum absolute atomic E-state index is 12.1. The molecule has 0 aliphatic carbocycles. The monoisotopic (exact) mass is 326 g/mol. The fourth-order valence-electron chi connectivity index (χ4n) is 2.61. The van der Waals surface area contributed by atoms with Crippen molar-refractivity contribution < 1.29 is 9.53 Å². The van der Waals surface area contributed by atoms with Crippen LogP contribution < -0.4 is 15.4 Å². The molecule has 0 saturated carbocycles. The first-order chi connectivity index (χ1) is 11.5. The molecule has 128 valence electrons. The molecule has 4 heteroatoms. The minimum Gasteiger partial charge on any atom is -0.497 e. The van der Waals surface area contributed by atoms with Crippen LogP contribution in [-0.2, 0) is 4.79 Å². The van der Waals surface area contributed by atoms with E-state index in [2.05, 4.69) is 49.6 Å². The van der Waals surface area contributed by atoms with Crippen molar-refractivity contribution in [1.82, 2.24) is 0 Å². The SMILES string of the molecule is COc1ccc(NC(=O)CCNc2c(C)cccc2C(C)C)cc1. The Morgan fingerprint density at radius 3 is 2.46 bits per heavy atom. The highest BCUT2D eigenvalue weighted by Gasteiger charge is 2.09. The van der Waals surface area contributed by atoms with Gasteiger partial charge in [-0.25, -0.2) is 0 Å². The predicted octanol–water partition coefficient (Wildman–Crippen LogP) is 4.57. The van der Waals surface area contributed by atoms with Gasteiger partial charge in [0, 0.05) is 24.3 Å². The summed E-state index contributed by atoms with van der Waals surface area (Å²) in [5.74, 6) is 1.21. The molecule has 2 rings (SSSR count). The lowest BCUT2D eigenvalue weighted by atomic mass is 9.98. The Morgan fingerprint density at radius 2 is 1.83 bits per heavy atom. The Bertz CT molecular complexity index is 679. The minimum atomic E-state index is -0.00709. The van der Waals surface area contributed by atoms with Crippen molar-refractivity contribution in [2.75, 3.05) is 24.3 Å². The van der Waals surface area contributed by atoms with Crippen molar-refractivity contribution in [3.8, 4) is 5.75 Å². The first-order valence-corrected chi connectivity index (χ1v) is 8.28. The molecule has 2 aromatic rings. The molecule has 0 fully saturated rings. The van der Waals surface area contributed by atoms with E-state index in [9.17, 15) is 4.79 Å². The molecular formula is C20H26N2O2. The quantitative estimate of drug-likeness (QED) is 0.784. The van der Waals surface area contributed by atoms with E-state index >= 15 is 0 Å². The van der Waals surface area contributed by atoms with Gasteiger partial charge in [-0.2, -0.15) is 0 Å². The number of methoxy groups -OCH3 is 1. The summed E-state index contributed by atoms with van der Waals surface area (Å²) in [5, 5.41) is 6.31. The average Bonchev–Trinajstić information content (AvgIpc) is 2.56. The lowest BCUT2D eigenvalue weighted by Gasteiger charge is -2.17. The number of rotatable bonds is 7. The van der Waals surface area contributed by atoms with E-state index in [1.807, 2.05) is 24.3 Å². The van der Waals surface area contributed by atoms with Crippen molar-refractivity contribution in [3.63, 3.8) is 0 Å². The second-order valence-corrected chi connectivity index (χ2v) is 6.15. The van der Waals surface area contributed by atoms with Crippen molar-refractivity contribution in [2.24, 2.45) is 0 Å². The molecule has 4 nitrogen and oxygen atoms in total. The molecule has 0 bridgehead atoms. The van der Waals surface area contributed by atoms with Crippen LogP contribution in [0, 0.1) is 6.92 Å². The molecule has 0 saturated heterocycles. The van der Waals surface area contributed by atoms with Gasteiger partial charge < -0.3 is 15.4 Å². The Morgan fingerprint density at radius 1 is 1.12 bits per heavy atom. The molecule has 24 heavy (non-hydrogen) atoms. The highest BCUT2D eigenvalue weighted by Crippen LogP contribution is 2.27. The number of carbonyl (C=O) groups excluding carboxylic acids is 1. The molecule has 1 amide bonds. The molecule has 0 unspecified atom stereocenters. The van der Waals surface area contributed by atoms with Gasteiger partial charge in [0.25, 0.3) is 0 Å². The van der Waals surface area contributed by atoms with Gasteiger partial charge in [0.05, 0.1) is 7.11 Å². The van der Waals surface area contributed by atoms with Gasteiger partial charge >= 0.3 is 0 Å². The Balaban J connectivity index is 1.88. The number of para-hydroxylation sites is 1. The zero-order chi connectivity index (χ0) is 17.5. The molecule has 0 atom stereocenters. The molecule has 0 aliphatic heterocycles. The topological polar surface area (TPSA) is 50.4 Å². The smallest absolute Gasteiger partial charge is 0.226 e. The van der Waals surface area contributed by atoms with Crippen LogP contribution in [0.2, 0.25) is 0 Å². The zero-order valence-electron chi connectivity index (χ0n) is 14.8. The maximum atomic E-state index is 12.1. The molecule has 2 N–H and O–H groups in total. The van der Waals surface area contributed by atoms with Crippen molar-refractivity contribution in [1.29, 1.82) is 0 Å². The van der Waals surface area contributed by atoms with Gasteiger partial charge in [-0.15, -0.1) is 0 Å². The lowest BCUT2D eigenvalue weighted by molar-refractivity contribution is -0.115. The van der Waals surface area contributed by atoms with Gasteiger partial charge in [0.2, 0.25) is 5.91 Å². The van der Waals surface area contributed by atoms with E-state index in [0.29, 0.717) is 18.9 Å². The summed E-state index contributed by atoms with van der Waals surface area (Å²) >= 11 is 0. The van der Waals surface area contributed by atoms with E-state index in [0.717, 1.165) is 17.1 Å². The number of hydrogen-bond donors (Lipinski definition) is 2. The van der Waals surface area contributed by atoms with Crippen LogP contribution in [0.4, 0.5) is 11.4 Å². The highest BCUT2D eigenvalue weighted by molar-refractivity contribution is 5.91. The van der Waals surface area contributed by atoms with Crippen LogP contribution in [-0.4, -0.2) is 19.6 Å². The van der Waals surface area contributed by atoms with Crippen molar-refractivity contribution in [2.45, 2.75) is 33.1 Å². The van der Waals surface area contributed by atoms with E-state index in [1.165, 1.54) is 11.1 Å². The van der Waals surface area contributed by atoms with E-state index in [-0.39, 0.29) is 5.91 Å². The van der Waals surface area contributed by atoms with Crippen LogP contribution >= 0.6 is 0 Å². The fourth-order valence-corrected chi connectivity index (χ4v) is 2.61. The summed E-state index contributed by atoms with van der Waals surface area (Å²) in [4.78, 5) is 12.1. The Kier molecular flexibility index (Phi) is 6.24.